The first-order chi connectivity index (χ1) is 12.1. The van der Waals surface area contributed by atoms with Gasteiger partial charge in [-0.3, -0.25) is 9.59 Å². The Hall–Kier alpha value is -2.13. The van der Waals surface area contributed by atoms with Gasteiger partial charge in [0.05, 0.1) is 12.3 Å². The van der Waals surface area contributed by atoms with Gasteiger partial charge in [-0.15, -0.1) is 11.8 Å². The molecule has 25 heavy (non-hydrogen) atoms. The van der Waals surface area contributed by atoms with E-state index < -0.39 is 0 Å². The first-order valence-corrected chi connectivity index (χ1v) is 9.53. The number of hydrogen-bond acceptors (Lipinski definition) is 4. The van der Waals surface area contributed by atoms with Crippen LogP contribution in [0, 0.1) is 11.8 Å². The summed E-state index contributed by atoms with van der Waals surface area (Å²) in [4.78, 5) is 22.7. The zero-order valence-electron chi connectivity index (χ0n) is 14.5. The molecule has 1 aliphatic carbocycles. The van der Waals surface area contributed by atoms with Crippen molar-refractivity contribution < 1.29 is 14.3 Å². The number of thioether (sulfide) groups is 1. The van der Waals surface area contributed by atoms with Crippen LogP contribution in [0.2, 0.25) is 0 Å². The smallest absolute Gasteiger partial charge is 0.230 e. The van der Waals surface area contributed by atoms with Crippen molar-refractivity contribution in [2.24, 2.45) is 0 Å². The second-order valence-electron chi connectivity index (χ2n) is 5.85. The summed E-state index contributed by atoms with van der Waals surface area (Å²) in [6.45, 7) is 2.02. The lowest BCUT2D eigenvalue weighted by molar-refractivity contribution is -0.118. The first-order valence-electron chi connectivity index (χ1n) is 8.48. The highest BCUT2D eigenvalue weighted by Gasteiger charge is 2.16. The Kier molecular flexibility index (Phi) is 8.20. The molecule has 1 fully saturated rings. The summed E-state index contributed by atoms with van der Waals surface area (Å²) < 4.78 is 5.51. The number of carbonyl (C=O) groups is 2. The van der Waals surface area contributed by atoms with E-state index >= 15 is 0 Å². The fourth-order valence-corrected chi connectivity index (χ4v) is 3.70. The molecule has 0 aromatic heterocycles. The molecule has 0 heterocycles. The number of hydrogen-bond donors (Lipinski definition) is 2. The molecule has 2 N–H and O–H groups in total. The lowest BCUT2D eigenvalue weighted by Gasteiger charge is -2.07. The molecule has 0 radical (unpaired) electrons. The van der Waals surface area contributed by atoms with Crippen LogP contribution in [-0.4, -0.2) is 36.0 Å². The maximum absolute atomic E-state index is 11.7. The van der Waals surface area contributed by atoms with Crippen molar-refractivity contribution in [3.8, 4) is 17.6 Å². The monoisotopic (exact) mass is 360 g/mol. The molecule has 1 aliphatic rings. The van der Waals surface area contributed by atoms with Gasteiger partial charge in [0.1, 0.15) is 12.4 Å². The number of nitrogens with one attached hydrogen (secondary N) is 2. The first kappa shape index (κ1) is 19.2. The minimum atomic E-state index is -0.126. The number of ether oxygens (including phenoxy) is 1. The van der Waals surface area contributed by atoms with Crippen molar-refractivity contribution >= 4 is 29.3 Å². The summed E-state index contributed by atoms with van der Waals surface area (Å²) in [5, 5.41) is 6.15. The summed E-state index contributed by atoms with van der Waals surface area (Å²) in [6.07, 6.45) is 5.05. The van der Waals surface area contributed by atoms with Gasteiger partial charge >= 0.3 is 0 Å². The largest absolute Gasteiger partial charge is 0.481 e. The minimum absolute atomic E-state index is 0.0372. The Morgan fingerprint density at radius 1 is 1.28 bits per heavy atom. The standard InChI is InChI=1S/C19H24N2O3S/c1-15(22)21-16-7-6-8-17(13-16)24-12-5-4-11-20-19(23)14-25-18-9-2-3-10-18/h6-8,13,18H,2-3,9-12,14H2,1H3,(H,20,23)(H,21,22). The average Bonchev–Trinajstić information content (AvgIpc) is 3.09. The van der Waals surface area contributed by atoms with Crippen molar-refractivity contribution in [1.29, 1.82) is 0 Å². The molecule has 0 aliphatic heterocycles. The van der Waals surface area contributed by atoms with Crippen LogP contribution in [0.25, 0.3) is 0 Å². The van der Waals surface area contributed by atoms with Gasteiger partial charge in [0.25, 0.3) is 0 Å². The number of amides is 2. The average molecular weight is 360 g/mol. The van der Waals surface area contributed by atoms with Crippen molar-refractivity contribution in [3.05, 3.63) is 24.3 Å². The SMILES string of the molecule is CC(=O)Nc1cccc(OCC#CCNC(=O)CSC2CCCC2)c1. The third-order valence-electron chi connectivity index (χ3n) is 3.72. The Morgan fingerprint density at radius 2 is 2.08 bits per heavy atom. The molecule has 1 aromatic carbocycles. The zero-order chi connectivity index (χ0) is 17.9. The lowest BCUT2D eigenvalue weighted by Crippen LogP contribution is -2.26. The third-order valence-corrected chi connectivity index (χ3v) is 5.09. The van der Waals surface area contributed by atoms with Crippen LogP contribution in [0.3, 0.4) is 0 Å². The van der Waals surface area contributed by atoms with Crippen molar-refractivity contribution in [3.63, 3.8) is 0 Å². The zero-order valence-corrected chi connectivity index (χ0v) is 15.3. The summed E-state index contributed by atoms with van der Waals surface area (Å²) >= 11 is 1.75. The molecule has 2 rings (SSSR count). The van der Waals surface area contributed by atoms with E-state index in [0.29, 0.717) is 29.0 Å². The van der Waals surface area contributed by atoms with Crippen LogP contribution >= 0.6 is 11.8 Å². The van der Waals surface area contributed by atoms with E-state index in [0.717, 1.165) is 0 Å². The molecule has 1 aromatic rings. The number of rotatable bonds is 7. The molecule has 0 atom stereocenters. The van der Waals surface area contributed by atoms with Gasteiger partial charge in [-0.1, -0.05) is 30.7 Å². The normalized spacial score (nSPS) is 13.6. The number of carbonyl (C=O) groups excluding carboxylic acids is 2. The highest BCUT2D eigenvalue weighted by molar-refractivity contribution is 8.00. The molecule has 5 nitrogen and oxygen atoms in total. The molecule has 0 spiro atoms. The number of benzene rings is 1. The van der Waals surface area contributed by atoms with Crippen molar-refractivity contribution in [2.45, 2.75) is 37.9 Å². The highest BCUT2D eigenvalue weighted by Crippen LogP contribution is 2.28. The maximum atomic E-state index is 11.7. The molecule has 6 heteroatoms. The van der Waals surface area contributed by atoms with E-state index in [2.05, 4.69) is 22.5 Å². The van der Waals surface area contributed by atoms with E-state index in [4.69, 9.17) is 4.74 Å². The molecule has 0 saturated heterocycles. The predicted molar refractivity (Wildman–Crippen MR) is 102 cm³/mol. The maximum Gasteiger partial charge on any atom is 0.230 e. The van der Waals surface area contributed by atoms with E-state index in [1.807, 2.05) is 0 Å². The van der Waals surface area contributed by atoms with Crippen LogP contribution in [0.1, 0.15) is 32.6 Å². The molecule has 134 valence electrons. The summed E-state index contributed by atoms with van der Waals surface area (Å²) in [5.74, 6) is 6.80. The fraction of sp³-hybridized carbons (Fsp3) is 0.474. The molecular formula is C19H24N2O3S. The summed E-state index contributed by atoms with van der Waals surface area (Å²) in [7, 11) is 0. The Bertz CT molecular complexity index is 646. The Labute approximate surface area is 153 Å². The van der Waals surface area contributed by atoms with Gasteiger partial charge in [-0.25, -0.2) is 0 Å². The second kappa shape index (κ2) is 10.7. The van der Waals surface area contributed by atoms with Gasteiger partial charge in [-0.2, -0.15) is 0 Å². The third kappa shape index (κ3) is 7.99. The quantitative estimate of drug-likeness (QED) is 0.734. The Morgan fingerprint density at radius 3 is 2.84 bits per heavy atom. The van der Waals surface area contributed by atoms with Crippen LogP contribution in [-0.2, 0) is 9.59 Å². The van der Waals surface area contributed by atoms with Crippen LogP contribution in [0.4, 0.5) is 5.69 Å². The number of anilines is 1. The van der Waals surface area contributed by atoms with Crippen LogP contribution < -0.4 is 15.4 Å². The van der Waals surface area contributed by atoms with E-state index in [1.54, 1.807) is 36.0 Å². The minimum Gasteiger partial charge on any atom is -0.481 e. The fourth-order valence-electron chi connectivity index (χ4n) is 2.54. The van der Waals surface area contributed by atoms with E-state index in [9.17, 15) is 9.59 Å². The highest BCUT2D eigenvalue weighted by atomic mass is 32.2. The second-order valence-corrected chi connectivity index (χ2v) is 7.13. The van der Waals surface area contributed by atoms with Gasteiger partial charge in [0.15, 0.2) is 0 Å². The Balaban J connectivity index is 1.60. The summed E-state index contributed by atoms with van der Waals surface area (Å²) in [5.41, 5.74) is 0.685. The van der Waals surface area contributed by atoms with Crippen LogP contribution in [0.15, 0.2) is 24.3 Å². The van der Waals surface area contributed by atoms with Crippen molar-refractivity contribution in [1.82, 2.24) is 5.32 Å². The summed E-state index contributed by atoms with van der Waals surface area (Å²) in [6, 6.07) is 7.13. The molecule has 0 unspecified atom stereocenters. The van der Waals surface area contributed by atoms with Gasteiger partial charge in [-0.05, 0) is 25.0 Å². The van der Waals surface area contributed by atoms with Gasteiger partial charge in [0, 0.05) is 23.9 Å². The van der Waals surface area contributed by atoms with E-state index in [1.165, 1.54) is 32.6 Å². The van der Waals surface area contributed by atoms with Crippen molar-refractivity contribution in [2.75, 3.05) is 24.2 Å². The topological polar surface area (TPSA) is 67.4 Å². The molecule has 0 bridgehead atoms. The molecule has 2 amide bonds. The molecular weight excluding hydrogens is 336 g/mol. The van der Waals surface area contributed by atoms with Gasteiger partial charge in [0.2, 0.25) is 11.8 Å². The van der Waals surface area contributed by atoms with E-state index in [-0.39, 0.29) is 18.4 Å². The molecule has 1 saturated carbocycles. The van der Waals surface area contributed by atoms with Gasteiger partial charge < -0.3 is 15.4 Å². The van der Waals surface area contributed by atoms with Crippen LogP contribution in [0.5, 0.6) is 5.75 Å². The lowest BCUT2D eigenvalue weighted by atomic mass is 10.3. The predicted octanol–water partition coefficient (Wildman–Crippen LogP) is 2.82.